The van der Waals surface area contributed by atoms with Crippen molar-refractivity contribution in [3.8, 4) is 0 Å². The topological polar surface area (TPSA) is 82.7 Å². The Balaban J connectivity index is 1.82. The molecule has 186 valence electrons. The van der Waals surface area contributed by atoms with Gasteiger partial charge in [0.15, 0.2) is 5.11 Å². The van der Waals surface area contributed by atoms with E-state index in [0.717, 1.165) is 11.3 Å². The largest absolute Gasteiger partial charge is 0.459 e. The van der Waals surface area contributed by atoms with E-state index in [0.29, 0.717) is 34.5 Å². The minimum Gasteiger partial charge on any atom is -0.459 e. The van der Waals surface area contributed by atoms with E-state index in [1.54, 1.807) is 6.07 Å². The molecule has 2 aromatic rings. The van der Waals surface area contributed by atoms with Gasteiger partial charge in [0.2, 0.25) is 0 Å². The van der Waals surface area contributed by atoms with E-state index in [4.69, 9.17) is 17.0 Å². The van der Waals surface area contributed by atoms with Gasteiger partial charge in [0.25, 0.3) is 0 Å². The van der Waals surface area contributed by atoms with E-state index in [1.165, 1.54) is 5.56 Å². The van der Waals surface area contributed by atoms with Crippen LogP contribution < -0.4 is 16.0 Å². The molecule has 3 N–H and O–H groups in total. The van der Waals surface area contributed by atoms with Crippen molar-refractivity contribution in [3.63, 3.8) is 0 Å². The van der Waals surface area contributed by atoms with Crippen molar-refractivity contribution in [2.75, 3.05) is 17.2 Å². The number of benzene rings is 2. The Morgan fingerprint density at radius 1 is 1.06 bits per heavy atom. The van der Waals surface area contributed by atoms with Crippen molar-refractivity contribution in [1.29, 1.82) is 0 Å². The number of anilines is 2. The number of thiocarbonyl (C=S) groups is 1. The van der Waals surface area contributed by atoms with E-state index in [1.807, 2.05) is 75.1 Å². The summed E-state index contributed by atoms with van der Waals surface area (Å²) in [4.78, 5) is 27.5. The monoisotopic (exact) mass is 494 g/mol. The molecule has 0 aliphatic carbocycles. The van der Waals surface area contributed by atoms with Crippen LogP contribution in [0.4, 0.5) is 16.2 Å². The molecule has 8 heteroatoms. The number of carbonyl (C=O) groups is 2. The van der Waals surface area contributed by atoms with Crippen LogP contribution in [0, 0.1) is 0 Å². The Kier molecular flexibility index (Phi) is 8.51. The number of esters is 1. The van der Waals surface area contributed by atoms with Gasteiger partial charge in [-0.3, -0.25) is 0 Å². The molecule has 3 rings (SSSR count). The highest BCUT2D eigenvalue weighted by molar-refractivity contribution is 7.80. The number of nitrogens with zero attached hydrogens (tertiary/aromatic N) is 1. The summed E-state index contributed by atoms with van der Waals surface area (Å²) >= 11 is 5.56. The highest BCUT2D eigenvalue weighted by Gasteiger charge is 2.34. The van der Waals surface area contributed by atoms with Crippen LogP contribution in [0.2, 0.25) is 0 Å². The molecule has 2 amide bonds. The maximum Gasteiger partial charge on any atom is 0.338 e. The van der Waals surface area contributed by atoms with Gasteiger partial charge >= 0.3 is 12.0 Å². The Morgan fingerprint density at radius 2 is 1.71 bits per heavy atom. The minimum absolute atomic E-state index is 0.251. The van der Waals surface area contributed by atoms with Crippen molar-refractivity contribution >= 4 is 40.7 Å². The predicted molar refractivity (Wildman–Crippen MR) is 144 cm³/mol. The quantitative estimate of drug-likeness (QED) is 0.327. The second kappa shape index (κ2) is 11.4. The first-order valence-corrected chi connectivity index (χ1v) is 12.3. The van der Waals surface area contributed by atoms with Crippen LogP contribution in [0.5, 0.6) is 0 Å². The molecule has 0 radical (unpaired) electrons. The summed E-state index contributed by atoms with van der Waals surface area (Å²) in [6.45, 7) is 12.4. The van der Waals surface area contributed by atoms with Crippen LogP contribution in [0.15, 0.2) is 59.8 Å². The van der Waals surface area contributed by atoms with E-state index in [9.17, 15) is 9.59 Å². The van der Waals surface area contributed by atoms with Crippen LogP contribution in [0.3, 0.4) is 0 Å². The zero-order chi connectivity index (χ0) is 25.7. The second-order valence-electron chi connectivity index (χ2n) is 9.06. The van der Waals surface area contributed by atoms with Crippen molar-refractivity contribution in [2.24, 2.45) is 0 Å². The summed E-state index contributed by atoms with van der Waals surface area (Å²) in [7, 11) is 0. The maximum absolute atomic E-state index is 13.0. The highest BCUT2D eigenvalue weighted by Crippen LogP contribution is 2.32. The Morgan fingerprint density at radius 3 is 2.31 bits per heavy atom. The van der Waals surface area contributed by atoms with Gasteiger partial charge in [0.05, 0.1) is 17.7 Å². The number of hydrogen-bond acceptors (Lipinski definition) is 4. The number of nitrogens with one attached hydrogen (secondary N) is 3. The van der Waals surface area contributed by atoms with Gasteiger partial charge in [-0.15, -0.1) is 0 Å². The summed E-state index contributed by atoms with van der Waals surface area (Å²) in [6, 6.07) is 14.3. The second-order valence-corrected chi connectivity index (χ2v) is 9.45. The van der Waals surface area contributed by atoms with Gasteiger partial charge in [-0.25, -0.2) is 9.59 Å². The summed E-state index contributed by atoms with van der Waals surface area (Å²) in [5.74, 6) is 0.0311. The molecule has 0 saturated heterocycles. The Labute approximate surface area is 212 Å². The predicted octanol–water partition coefficient (Wildman–Crippen LogP) is 5.93. The fourth-order valence-corrected chi connectivity index (χ4v) is 4.38. The average Bonchev–Trinajstić information content (AvgIpc) is 2.78. The molecule has 1 aliphatic heterocycles. The van der Waals surface area contributed by atoms with Crippen LogP contribution in [0.25, 0.3) is 0 Å². The van der Waals surface area contributed by atoms with Gasteiger partial charge < -0.3 is 25.6 Å². The maximum atomic E-state index is 13.0. The smallest absolute Gasteiger partial charge is 0.338 e. The van der Waals surface area contributed by atoms with Crippen molar-refractivity contribution in [3.05, 3.63) is 70.9 Å². The standard InChI is InChI=1S/C27H34N4O3S/c1-7-31-18(6)23(25(32)34-17(4)5)24(30-27(31)35)20-9-8-10-22(15-20)29-26(33)28-21-13-11-19(12-14-21)16(2)3/h8-17,24H,7H2,1-6H3,(H,30,35)(H2,28,29,33). The van der Waals surface area contributed by atoms with Crippen molar-refractivity contribution < 1.29 is 14.3 Å². The first-order valence-electron chi connectivity index (χ1n) is 11.9. The first kappa shape index (κ1) is 26.2. The molecule has 2 aromatic carbocycles. The van der Waals surface area contributed by atoms with Gasteiger partial charge in [0, 0.05) is 23.6 Å². The number of rotatable bonds is 7. The van der Waals surface area contributed by atoms with Crippen LogP contribution >= 0.6 is 12.2 Å². The molecule has 7 nitrogen and oxygen atoms in total. The molecule has 1 heterocycles. The number of ether oxygens (including phenoxy) is 1. The summed E-state index contributed by atoms with van der Waals surface area (Å²) in [5.41, 5.74) is 4.56. The first-order chi connectivity index (χ1) is 16.6. The van der Waals surface area contributed by atoms with E-state index in [2.05, 4.69) is 29.8 Å². The fourth-order valence-electron chi connectivity index (χ4n) is 3.99. The van der Waals surface area contributed by atoms with Crippen molar-refractivity contribution in [2.45, 2.75) is 59.6 Å². The van der Waals surface area contributed by atoms with Gasteiger partial charge in [0.1, 0.15) is 0 Å². The number of amides is 2. The molecule has 0 spiro atoms. The summed E-state index contributed by atoms with van der Waals surface area (Å²) < 4.78 is 5.54. The average molecular weight is 495 g/mol. The van der Waals surface area contributed by atoms with E-state index in [-0.39, 0.29) is 12.1 Å². The molecule has 35 heavy (non-hydrogen) atoms. The third kappa shape index (κ3) is 6.39. The summed E-state index contributed by atoms with van der Waals surface area (Å²) in [6.07, 6.45) is -0.251. The van der Waals surface area contributed by atoms with Crippen molar-refractivity contribution in [1.82, 2.24) is 10.2 Å². The fraction of sp³-hybridized carbons (Fsp3) is 0.370. The third-order valence-corrected chi connectivity index (χ3v) is 6.13. The lowest BCUT2D eigenvalue weighted by Crippen LogP contribution is -2.47. The zero-order valence-electron chi connectivity index (χ0n) is 21.1. The van der Waals surface area contributed by atoms with Gasteiger partial charge in [-0.1, -0.05) is 38.1 Å². The normalized spacial score (nSPS) is 15.8. The molecular weight excluding hydrogens is 460 g/mol. The minimum atomic E-state index is -0.495. The Bertz CT molecular complexity index is 1130. The SMILES string of the molecule is CCN1C(=S)NC(c2cccc(NC(=O)Nc3ccc(C(C)C)cc3)c2)C(C(=O)OC(C)C)=C1C. The number of allylic oxidation sites excluding steroid dienone is 1. The molecule has 0 fully saturated rings. The zero-order valence-corrected chi connectivity index (χ0v) is 22.0. The number of hydrogen-bond donors (Lipinski definition) is 3. The number of carbonyl (C=O) groups excluding carboxylic acids is 2. The lowest BCUT2D eigenvalue weighted by atomic mass is 9.94. The summed E-state index contributed by atoms with van der Waals surface area (Å²) in [5, 5.41) is 9.54. The van der Waals surface area contributed by atoms with E-state index >= 15 is 0 Å². The molecule has 0 bridgehead atoms. The molecule has 1 unspecified atom stereocenters. The van der Waals surface area contributed by atoms with Crippen LogP contribution in [0.1, 0.15) is 64.6 Å². The van der Waals surface area contributed by atoms with Gasteiger partial charge in [-0.2, -0.15) is 0 Å². The molecule has 1 atom stereocenters. The van der Waals surface area contributed by atoms with Crippen LogP contribution in [-0.4, -0.2) is 34.7 Å². The highest BCUT2D eigenvalue weighted by atomic mass is 32.1. The van der Waals surface area contributed by atoms with Crippen LogP contribution in [-0.2, 0) is 9.53 Å². The number of urea groups is 1. The Hall–Kier alpha value is -3.39. The molecular formula is C27H34N4O3S. The molecule has 0 aromatic heterocycles. The van der Waals surface area contributed by atoms with Gasteiger partial charge in [-0.05, 0) is 81.2 Å². The lowest BCUT2D eigenvalue weighted by Gasteiger charge is -2.37. The molecule has 1 aliphatic rings. The molecule has 0 saturated carbocycles. The third-order valence-electron chi connectivity index (χ3n) is 5.79. The lowest BCUT2D eigenvalue weighted by molar-refractivity contribution is -0.143. The van der Waals surface area contributed by atoms with E-state index < -0.39 is 12.0 Å².